The molecule has 1 aromatic rings. The van der Waals surface area contributed by atoms with Gasteiger partial charge in [0.25, 0.3) is 0 Å². The van der Waals surface area contributed by atoms with E-state index in [1.807, 2.05) is 0 Å². The fraction of sp³-hybridized carbons (Fsp3) is 0.455. The largest absolute Gasteiger partial charge is 0.352 e. The van der Waals surface area contributed by atoms with Gasteiger partial charge >= 0.3 is 0 Å². The van der Waals surface area contributed by atoms with Gasteiger partial charge in [-0.05, 0) is 18.9 Å². The highest BCUT2D eigenvalue weighted by atomic mass is 35.5. The van der Waals surface area contributed by atoms with E-state index in [9.17, 15) is 13.2 Å². The lowest BCUT2D eigenvalue weighted by Gasteiger charge is -2.16. The summed E-state index contributed by atoms with van der Waals surface area (Å²) in [5, 5.41) is 2.79. The van der Waals surface area contributed by atoms with E-state index < -0.39 is 10.0 Å². The lowest BCUT2D eigenvalue weighted by atomic mass is 10.5. The third-order valence-corrected chi connectivity index (χ3v) is 5.24. The number of carbonyl (C=O) groups excluding carboxylic acids is 1. The molecule has 0 atom stereocenters. The topological polar surface area (TPSA) is 79.4 Å². The highest BCUT2D eigenvalue weighted by molar-refractivity contribution is 7.89. The quantitative estimate of drug-likeness (QED) is 0.821. The lowest BCUT2D eigenvalue weighted by Crippen LogP contribution is -2.39. The minimum atomic E-state index is -3.82. The van der Waals surface area contributed by atoms with Crippen LogP contribution in [0.1, 0.15) is 12.8 Å². The van der Waals surface area contributed by atoms with Gasteiger partial charge in [-0.2, -0.15) is 4.31 Å². The molecule has 20 heavy (non-hydrogen) atoms. The number of nitrogens with one attached hydrogen (secondary N) is 1. The van der Waals surface area contributed by atoms with E-state index in [1.54, 1.807) is 0 Å². The van der Waals surface area contributed by atoms with Crippen LogP contribution in [0.5, 0.6) is 0 Å². The molecule has 0 spiro atoms. The van der Waals surface area contributed by atoms with Gasteiger partial charge in [0.05, 0.1) is 11.6 Å². The number of hydrogen-bond acceptors (Lipinski definition) is 4. The van der Waals surface area contributed by atoms with Gasteiger partial charge in [-0.15, -0.1) is 0 Å². The van der Waals surface area contributed by atoms with E-state index in [2.05, 4.69) is 10.3 Å². The van der Waals surface area contributed by atoms with Crippen LogP contribution in [0.25, 0.3) is 0 Å². The van der Waals surface area contributed by atoms with Crippen molar-refractivity contribution in [3.05, 3.63) is 22.4 Å². The minimum Gasteiger partial charge on any atom is -0.352 e. The van der Waals surface area contributed by atoms with Crippen molar-refractivity contribution in [3.8, 4) is 0 Å². The van der Waals surface area contributed by atoms with Crippen LogP contribution < -0.4 is 5.32 Å². The van der Waals surface area contributed by atoms with Gasteiger partial charge in [-0.1, -0.05) is 23.2 Å². The van der Waals surface area contributed by atoms with E-state index in [1.165, 1.54) is 13.1 Å². The zero-order valence-electron chi connectivity index (χ0n) is 10.6. The molecule has 1 saturated carbocycles. The summed E-state index contributed by atoms with van der Waals surface area (Å²) in [5.74, 6) is -0.327. The molecule has 1 aliphatic rings. The zero-order valence-corrected chi connectivity index (χ0v) is 13.0. The number of rotatable bonds is 5. The summed E-state index contributed by atoms with van der Waals surface area (Å²) in [6.45, 7) is -0.251. The van der Waals surface area contributed by atoms with Crippen LogP contribution in [0, 0.1) is 0 Å². The number of nitrogens with zero attached hydrogens (tertiary/aromatic N) is 2. The Hall–Kier alpha value is -0.890. The van der Waals surface area contributed by atoms with Crippen molar-refractivity contribution in [2.75, 3.05) is 13.6 Å². The summed E-state index contributed by atoms with van der Waals surface area (Å²) < 4.78 is 25.4. The molecule has 1 aromatic heterocycles. The minimum absolute atomic E-state index is 0.0275. The van der Waals surface area contributed by atoms with Crippen LogP contribution in [-0.2, 0) is 14.8 Å². The molecule has 1 N–H and O–H groups in total. The van der Waals surface area contributed by atoms with Crippen molar-refractivity contribution in [3.63, 3.8) is 0 Å². The molecule has 6 nitrogen and oxygen atoms in total. The Bertz CT molecular complexity index is 632. The molecule has 0 aromatic carbocycles. The Morgan fingerprint density at radius 2 is 2.15 bits per heavy atom. The number of carbonyl (C=O) groups is 1. The lowest BCUT2D eigenvalue weighted by molar-refractivity contribution is -0.121. The summed E-state index contributed by atoms with van der Waals surface area (Å²) in [6, 6.07) is 1.40. The second-order valence-electron chi connectivity index (χ2n) is 4.55. The molecule has 0 saturated heterocycles. The molecule has 1 fully saturated rings. The normalized spacial score (nSPS) is 15.4. The Morgan fingerprint density at radius 1 is 1.50 bits per heavy atom. The van der Waals surface area contributed by atoms with Crippen molar-refractivity contribution >= 4 is 39.1 Å². The summed E-state index contributed by atoms with van der Waals surface area (Å²) >= 11 is 11.4. The average molecular weight is 338 g/mol. The van der Waals surface area contributed by atoms with Crippen molar-refractivity contribution in [1.29, 1.82) is 0 Å². The Kier molecular flexibility index (Phi) is 4.53. The van der Waals surface area contributed by atoms with Crippen LogP contribution in [0.2, 0.25) is 10.2 Å². The molecule has 0 aliphatic heterocycles. The first-order valence-electron chi connectivity index (χ1n) is 5.87. The maximum Gasteiger partial charge on any atom is 0.244 e. The number of pyridine rings is 1. The van der Waals surface area contributed by atoms with Crippen LogP contribution in [0.3, 0.4) is 0 Å². The van der Waals surface area contributed by atoms with Gasteiger partial charge < -0.3 is 5.32 Å². The van der Waals surface area contributed by atoms with Gasteiger partial charge in [0.1, 0.15) is 10.0 Å². The number of halogens is 2. The van der Waals surface area contributed by atoms with Crippen molar-refractivity contribution in [2.24, 2.45) is 0 Å². The smallest absolute Gasteiger partial charge is 0.244 e. The van der Waals surface area contributed by atoms with Crippen LogP contribution >= 0.6 is 23.2 Å². The highest BCUT2D eigenvalue weighted by Crippen LogP contribution is 2.24. The second-order valence-corrected chi connectivity index (χ2v) is 7.36. The molecular formula is C11H13Cl2N3O3S. The van der Waals surface area contributed by atoms with Gasteiger partial charge in [0.15, 0.2) is 0 Å². The van der Waals surface area contributed by atoms with Gasteiger partial charge in [-0.25, -0.2) is 13.4 Å². The molecule has 2 rings (SSSR count). The third kappa shape index (κ3) is 3.60. The van der Waals surface area contributed by atoms with Crippen LogP contribution in [-0.4, -0.2) is 43.2 Å². The highest BCUT2D eigenvalue weighted by Gasteiger charge is 2.27. The number of likely N-dealkylation sites (N-methyl/N-ethyl adjacent to an activating group) is 1. The first-order chi connectivity index (χ1) is 9.30. The predicted octanol–water partition coefficient (Wildman–Crippen LogP) is 1.29. The molecule has 0 radical (unpaired) electrons. The molecule has 1 amide bonds. The fourth-order valence-corrected chi connectivity index (χ4v) is 2.95. The van der Waals surface area contributed by atoms with E-state index in [-0.39, 0.29) is 33.6 Å². The van der Waals surface area contributed by atoms with E-state index in [4.69, 9.17) is 23.2 Å². The summed E-state index contributed by atoms with van der Waals surface area (Å²) in [6.07, 6.45) is 3.00. The standard InChI is InChI=1S/C11H13Cl2N3O3S/c1-16(6-10(17)15-7-2-3-7)20(18,19)8-4-9(12)11(13)14-5-8/h4-5,7H,2-3,6H2,1H3,(H,15,17). The molecule has 1 aliphatic carbocycles. The fourth-order valence-electron chi connectivity index (χ4n) is 1.51. The number of hydrogen-bond donors (Lipinski definition) is 1. The number of sulfonamides is 1. The van der Waals surface area contributed by atoms with E-state index in [0.717, 1.165) is 23.3 Å². The molecule has 0 unspecified atom stereocenters. The molecule has 0 bridgehead atoms. The average Bonchev–Trinajstić information content (AvgIpc) is 3.16. The number of amides is 1. The van der Waals surface area contributed by atoms with E-state index in [0.29, 0.717) is 0 Å². The Labute approximate surface area is 127 Å². The van der Waals surface area contributed by atoms with Crippen molar-refractivity contribution in [1.82, 2.24) is 14.6 Å². The summed E-state index contributed by atoms with van der Waals surface area (Å²) in [7, 11) is -2.50. The van der Waals surface area contributed by atoms with Gasteiger partial charge in [-0.3, -0.25) is 4.79 Å². The number of aromatic nitrogens is 1. The summed E-state index contributed by atoms with van der Waals surface area (Å²) in [5.41, 5.74) is 0. The second kappa shape index (κ2) is 5.85. The van der Waals surface area contributed by atoms with Gasteiger partial charge in [0.2, 0.25) is 15.9 Å². The van der Waals surface area contributed by atoms with Crippen molar-refractivity contribution < 1.29 is 13.2 Å². The molecule has 9 heteroatoms. The summed E-state index contributed by atoms with van der Waals surface area (Å²) in [4.78, 5) is 15.2. The predicted molar refractivity (Wildman–Crippen MR) is 75.2 cm³/mol. The molecule has 110 valence electrons. The zero-order chi connectivity index (χ0) is 14.9. The van der Waals surface area contributed by atoms with Crippen molar-refractivity contribution in [2.45, 2.75) is 23.8 Å². The SMILES string of the molecule is CN(CC(=O)NC1CC1)S(=O)(=O)c1cnc(Cl)c(Cl)c1. The van der Waals surface area contributed by atoms with E-state index >= 15 is 0 Å². The maximum absolute atomic E-state index is 12.2. The van der Waals surface area contributed by atoms with Gasteiger partial charge in [0, 0.05) is 19.3 Å². The molecular weight excluding hydrogens is 325 g/mol. The Morgan fingerprint density at radius 3 is 2.70 bits per heavy atom. The monoisotopic (exact) mass is 337 g/mol. The first kappa shape index (κ1) is 15.5. The molecule has 1 heterocycles. The third-order valence-electron chi connectivity index (χ3n) is 2.79. The first-order valence-corrected chi connectivity index (χ1v) is 8.07. The van der Waals surface area contributed by atoms with Crippen LogP contribution in [0.4, 0.5) is 0 Å². The van der Waals surface area contributed by atoms with Crippen LogP contribution in [0.15, 0.2) is 17.2 Å². The Balaban J connectivity index is 2.11. The maximum atomic E-state index is 12.2.